The summed E-state index contributed by atoms with van der Waals surface area (Å²) in [6.45, 7) is 5.79. The number of aliphatic hydroxyl groups is 1. The van der Waals surface area contributed by atoms with Crippen molar-refractivity contribution in [2.45, 2.75) is 38.3 Å². The van der Waals surface area contributed by atoms with Gasteiger partial charge in [0, 0.05) is 25.2 Å². The smallest absolute Gasteiger partial charge is 0.0839 e. The number of hydrogen-bond donors (Lipinski definition) is 2. The Labute approximate surface area is 90.3 Å². The van der Waals surface area contributed by atoms with Gasteiger partial charge in [-0.3, -0.25) is 4.68 Å². The molecule has 0 spiro atoms. The number of aromatic nitrogens is 2. The fraction of sp³-hybridized carbons (Fsp3) is 0.727. The van der Waals surface area contributed by atoms with Crippen LogP contribution in [0.25, 0.3) is 0 Å². The van der Waals surface area contributed by atoms with E-state index in [9.17, 15) is 5.11 Å². The Morgan fingerprint density at radius 1 is 1.67 bits per heavy atom. The molecule has 1 unspecified atom stereocenters. The highest BCUT2D eigenvalue weighted by Crippen LogP contribution is 2.19. The third-order valence-electron chi connectivity index (χ3n) is 2.92. The minimum absolute atomic E-state index is 0.384. The first kappa shape index (κ1) is 10.6. The fourth-order valence-corrected chi connectivity index (χ4v) is 1.98. The fourth-order valence-electron chi connectivity index (χ4n) is 1.98. The van der Waals surface area contributed by atoms with Crippen LogP contribution in [0.5, 0.6) is 0 Å². The highest BCUT2D eigenvalue weighted by Gasteiger charge is 2.31. The van der Waals surface area contributed by atoms with E-state index in [1.807, 2.05) is 16.9 Å². The standard InChI is InChI=1S/C11H19N3O/c1-9(2)14-6-3-10(13-14)7-11(15)4-5-12-8-11/h3,6,9,12,15H,4-5,7-8H2,1-2H3. The van der Waals surface area contributed by atoms with Crippen LogP contribution in [-0.4, -0.2) is 33.6 Å². The molecule has 1 aliphatic heterocycles. The lowest BCUT2D eigenvalue weighted by Crippen LogP contribution is -2.34. The van der Waals surface area contributed by atoms with Crippen LogP contribution in [-0.2, 0) is 6.42 Å². The first-order valence-corrected chi connectivity index (χ1v) is 5.56. The van der Waals surface area contributed by atoms with Crippen LogP contribution in [0.1, 0.15) is 32.0 Å². The number of hydrogen-bond acceptors (Lipinski definition) is 3. The molecule has 0 radical (unpaired) electrons. The molecule has 2 rings (SSSR count). The average Bonchev–Trinajstić information content (AvgIpc) is 2.75. The second-order valence-electron chi connectivity index (χ2n) is 4.71. The SMILES string of the molecule is CC(C)n1ccc(CC2(O)CCNC2)n1. The van der Waals surface area contributed by atoms with E-state index in [1.54, 1.807) is 0 Å². The van der Waals surface area contributed by atoms with Gasteiger partial charge in [-0.2, -0.15) is 5.10 Å². The molecular formula is C11H19N3O. The van der Waals surface area contributed by atoms with Crippen molar-refractivity contribution in [3.8, 4) is 0 Å². The van der Waals surface area contributed by atoms with Gasteiger partial charge in [-0.15, -0.1) is 0 Å². The number of nitrogens with zero attached hydrogens (tertiary/aromatic N) is 2. The van der Waals surface area contributed by atoms with Crippen LogP contribution in [0, 0.1) is 0 Å². The normalized spacial score (nSPS) is 26.4. The summed E-state index contributed by atoms with van der Waals surface area (Å²) in [5.74, 6) is 0. The number of nitrogens with one attached hydrogen (secondary N) is 1. The van der Waals surface area contributed by atoms with E-state index in [0.29, 0.717) is 19.0 Å². The molecule has 0 aliphatic carbocycles. The molecule has 1 atom stereocenters. The van der Waals surface area contributed by atoms with Gasteiger partial charge in [-0.05, 0) is 32.9 Å². The van der Waals surface area contributed by atoms with Gasteiger partial charge < -0.3 is 10.4 Å². The summed E-state index contributed by atoms with van der Waals surface area (Å²) in [6, 6.07) is 2.38. The molecule has 1 aliphatic rings. The van der Waals surface area contributed by atoms with Gasteiger partial charge in [0.15, 0.2) is 0 Å². The van der Waals surface area contributed by atoms with E-state index in [2.05, 4.69) is 24.3 Å². The van der Waals surface area contributed by atoms with E-state index in [-0.39, 0.29) is 0 Å². The van der Waals surface area contributed by atoms with E-state index in [4.69, 9.17) is 0 Å². The van der Waals surface area contributed by atoms with Crippen molar-refractivity contribution in [3.05, 3.63) is 18.0 Å². The molecule has 1 saturated heterocycles. The van der Waals surface area contributed by atoms with Crippen molar-refractivity contribution in [1.29, 1.82) is 0 Å². The third-order valence-corrected chi connectivity index (χ3v) is 2.92. The van der Waals surface area contributed by atoms with Gasteiger partial charge in [0.2, 0.25) is 0 Å². The van der Waals surface area contributed by atoms with Gasteiger partial charge in [0.1, 0.15) is 0 Å². The highest BCUT2D eigenvalue weighted by atomic mass is 16.3. The molecule has 0 saturated carbocycles. The molecule has 2 heterocycles. The van der Waals surface area contributed by atoms with Crippen LogP contribution in [0.15, 0.2) is 12.3 Å². The molecule has 0 bridgehead atoms. The zero-order valence-electron chi connectivity index (χ0n) is 9.40. The topological polar surface area (TPSA) is 50.1 Å². The summed E-state index contributed by atoms with van der Waals surface area (Å²) in [6.07, 6.45) is 3.45. The zero-order chi connectivity index (χ0) is 10.9. The molecule has 1 aromatic rings. The monoisotopic (exact) mass is 209 g/mol. The molecule has 4 heteroatoms. The second kappa shape index (κ2) is 3.94. The van der Waals surface area contributed by atoms with Crippen molar-refractivity contribution in [3.63, 3.8) is 0 Å². The van der Waals surface area contributed by atoms with Gasteiger partial charge in [-0.25, -0.2) is 0 Å². The molecule has 1 fully saturated rings. The Morgan fingerprint density at radius 3 is 3.00 bits per heavy atom. The summed E-state index contributed by atoms with van der Waals surface area (Å²) in [5, 5.41) is 17.8. The number of rotatable bonds is 3. The maximum Gasteiger partial charge on any atom is 0.0839 e. The maximum atomic E-state index is 10.2. The van der Waals surface area contributed by atoms with E-state index in [0.717, 1.165) is 18.7 Å². The summed E-state index contributed by atoms with van der Waals surface area (Å²) >= 11 is 0. The lowest BCUT2D eigenvalue weighted by Gasteiger charge is -2.19. The Balaban J connectivity index is 2.04. The summed E-state index contributed by atoms with van der Waals surface area (Å²) in [4.78, 5) is 0. The van der Waals surface area contributed by atoms with Crippen LogP contribution < -0.4 is 5.32 Å². The van der Waals surface area contributed by atoms with Crippen molar-refractivity contribution in [2.75, 3.05) is 13.1 Å². The molecule has 0 aromatic carbocycles. The molecule has 15 heavy (non-hydrogen) atoms. The van der Waals surface area contributed by atoms with Gasteiger partial charge >= 0.3 is 0 Å². The zero-order valence-corrected chi connectivity index (χ0v) is 9.40. The van der Waals surface area contributed by atoms with Crippen LogP contribution >= 0.6 is 0 Å². The summed E-state index contributed by atoms with van der Waals surface area (Å²) in [5.41, 5.74) is 0.394. The van der Waals surface area contributed by atoms with Gasteiger partial charge in [-0.1, -0.05) is 0 Å². The third kappa shape index (κ3) is 2.38. The molecule has 2 N–H and O–H groups in total. The van der Waals surface area contributed by atoms with Crippen LogP contribution in [0.3, 0.4) is 0 Å². The Hall–Kier alpha value is -0.870. The first-order chi connectivity index (χ1) is 7.09. The second-order valence-corrected chi connectivity index (χ2v) is 4.71. The molecule has 4 nitrogen and oxygen atoms in total. The molecule has 84 valence electrons. The van der Waals surface area contributed by atoms with Gasteiger partial charge in [0.25, 0.3) is 0 Å². The predicted octanol–water partition coefficient (Wildman–Crippen LogP) is 0.731. The van der Waals surface area contributed by atoms with E-state index >= 15 is 0 Å². The molecular weight excluding hydrogens is 190 g/mol. The lowest BCUT2D eigenvalue weighted by molar-refractivity contribution is 0.0607. The summed E-state index contributed by atoms with van der Waals surface area (Å²) < 4.78 is 1.93. The molecule has 1 aromatic heterocycles. The minimum Gasteiger partial charge on any atom is -0.388 e. The largest absolute Gasteiger partial charge is 0.388 e. The van der Waals surface area contributed by atoms with Crippen molar-refractivity contribution < 1.29 is 5.11 Å². The Morgan fingerprint density at radius 2 is 2.47 bits per heavy atom. The van der Waals surface area contributed by atoms with Crippen molar-refractivity contribution in [2.24, 2.45) is 0 Å². The number of β-amino-alcohol motifs (C(OH)–C–C–N with tert-alkyl or cyclic N) is 1. The Bertz CT molecular complexity index is 326. The Kier molecular flexibility index (Phi) is 2.80. The van der Waals surface area contributed by atoms with Crippen LogP contribution in [0.4, 0.5) is 0 Å². The highest BCUT2D eigenvalue weighted by molar-refractivity contribution is 5.06. The first-order valence-electron chi connectivity index (χ1n) is 5.56. The van der Waals surface area contributed by atoms with E-state index < -0.39 is 5.60 Å². The van der Waals surface area contributed by atoms with Gasteiger partial charge in [0.05, 0.1) is 11.3 Å². The summed E-state index contributed by atoms with van der Waals surface area (Å²) in [7, 11) is 0. The van der Waals surface area contributed by atoms with Crippen molar-refractivity contribution in [1.82, 2.24) is 15.1 Å². The lowest BCUT2D eigenvalue weighted by atomic mass is 9.97. The van der Waals surface area contributed by atoms with Crippen LogP contribution in [0.2, 0.25) is 0 Å². The quantitative estimate of drug-likeness (QED) is 0.771. The average molecular weight is 209 g/mol. The predicted molar refractivity (Wildman–Crippen MR) is 58.8 cm³/mol. The van der Waals surface area contributed by atoms with Crippen molar-refractivity contribution >= 4 is 0 Å². The minimum atomic E-state index is -0.587. The van der Waals surface area contributed by atoms with E-state index in [1.165, 1.54) is 0 Å². The molecule has 0 amide bonds. The maximum absolute atomic E-state index is 10.2.